The van der Waals surface area contributed by atoms with E-state index in [1.807, 2.05) is 6.92 Å². The minimum absolute atomic E-state index is 0.129. The third-order valence-electron chi connectivity index (χ3n) is 3.02. The predicted molar refractivity (Wildman–Crippen MR) is 74.4 cm³/mol. The second-order valence-corrected chi connectivity index (χ2v) is 5.56. The van der Waals surface area contributed by atoms with Crippen LogP contribution in [0, 0.1) is 20.8 Å². The molecule has 4 heteroatoms. The van der Waals surface area contributed by atoms with Crippen LogP contribution in [0.1, 0.15) is 21.0 Å². The van der Waals surface area contributed by atoms with Crippen molar-refractivity contribution in [1.82, 2.24) is 4.98 Å². The SMILES string of the molecule is C=c1c(C)c(O)/c(=C/c2ncc(C)s2)c(C)c1O. The number of phenols is 2. The number of aromatic hydroxyl groups is 2. The number of hydrogen-bond acceptors (Lipinski definition) is 4. The maximum atomic E-state index is 10.1. The molecule has 94 valence electrons. The van der Waals surface area contributed by atoms with E-state index in [1.54, 1.807) is 37.5 Å². The van der Waals surface area contributed by atoms with Crippen LogP contribution < -0.4 is 10.4 Å². The summed E-state index contributed by atoms with van der Waals surface area (Å²) in [5, 5.41) is 22.0. The lowest BCUT2D eigenvalue weighted by Crippen LogP contribution is -2.17. The maximum Gasteiger partial charge on any atom is 0.126 e. The molecule has 0 spiro atoms. The molecule has 0 bridgehead atoms. The standard InChI is InChI=1S/C14H15NO2S/c1-7-6-15-12(18-7)5-11-10(4)13(16)8(2)9(3)14(11)17/h5-6,16-17H,2H2,1,3-4H3/b11-5+. The number of benzene rings is 1. The van der Waals surface area contributed by atoms with Crippen molar-refractivity contribution in [1.29, 1.82) is 0 Å². The Labute approximate surface area is 109 Å². The average molecular weight is 261 g/mol. The number of phenolic OH excluding ortho intramolecular Hbond substituents is 2. The Bertz CT molecular complexity index is 681. The Morgan fingerprint density at radius 3 is 2.39 bits per heavy atom. The van der Waals surface area contributed by atoms with E-state index >= 15 is 0 Å². The van der Waals surface area contributed by atoms with Crippen LogP contribution in [-0.4, -0.2) is 15.2 Å². The molecule has 0 unspecified atom stereocenters. The fourth-order valence-electron chi connectivity index (χ4n) is 1.79. The summed E-state index contributed by atoms with van der Waals surface area (Å²) in [6, 6.07) is 0. The first-order valence-corrected chi connectivity index (χ1v) is 6.37. The molecule has 0 saturated heterocycles. The third-order valence-corrected chi connectivity index (χ3v) is 3.87. The van der Waals surface area contributed by atoms with Gasteiger partial charge in [0.25, 0.3) is 0 Å². The Hall–Kier alpha value is -1.81. The summed E-state index contributed by atoms with van der Waals surface area (Å²) in [7, 11) is 0. The monoisotopic (exact) mass is 261 g/mol. The molecule has 1 aromatic heterocycles. The molecule has 0 radical (unpaired) electrons. The zero-order valence-electron chi connectivity index (χ0n) is 10.6. The molecule has 1 aromatic carbocycles. The first kappa shape index (κ1) is 12.6. The third kappa shape index (κ3) is 1.99. The fraction of sp³-hybridized carbons (Fsp3) is 0.214. The summed E-state index contributed by atoms with van der Waals surface area (Å²) in [5.41, 5.74) is 1.22. The highest BCUT2D eigenvalue weighted by molar-refractivity contribution is 7.12. The largest absolute Gasteiger partial charge is 0.507 e. The van der Waals surface area contributed by atoms with Crippen LogP contribution in [0.2, 0.25) is 0 Å². The Balaban J connectivity index is 2.80. The summed E-state index contributed by atoms with van der Waals surface area (Å²) in [6.07, 6.45) is 3.57. The van der Waals surface area contributed by atoms with Crippen LogP contribution in [-0.2, 0) is 0 Å². The zero-order valence-corrected chi connectivity index (χ0v) is 11.4. The highest BCUT2D eigenvalue weighted by Gasteiger charge is 2.09. The molecule has 0 amide bonds. The van der Waals surface area contributed by atoms with Crippen LogP contribution in [0.3, 0.4) is 0 Å². The van der Waals surface area contributed by atoms with Crippen molar-refractivity contribution in [2.24, 2.45) is 0 Å². The van der Waals surface area contributed by atoms with Gasteiger partial charge in [0.05, 0.1) is 0 Å². The minimum Gasteiger partial charge on any atom is -0.507 e. The van der Waals surface area contributed by atoms with Crippen LogP contribution in [0.25, 0.3) is 12.7 Å². The zero-order chi connectivity index (χ0) is 13.4. The van der Waals surface area contributed by atoms with Crippen molar-refractivity contribution in [3.8, 4) is 11.5 Å². The quantitative estimate of drug-likeness (QED) is 0.769. The predicted octanol–water partition coefficient (Wildman–Crippen LogP) is 1.72. The molecule has 2 N–H and O–H groups in total. The van der Waals surface area contributed by atoms with Crippen LogP contribution in [0.15, 0.2) is 6.20 Å². The van der Waals surface area contributed by atoms with Crippen molar-refractivity contribution in [2.75, 3.05) is 0 Å². The van der Waals surface area contributed by atoms with Gasteiger partial charge in [-0.25, -0.2) is 4.98 Å². The van der Waals surface area contributed by atoms with Gasteiger partial charge in [0.1, 0.15) is 16.5 Å². The summed E-state index contributed by atoms with van der Waals surface area (Å²) < 4.78 is 0. The molecular weight excluding hydrogens is 246 g/mol. The van der Waals surface area contributed by atoms with E-state index in [0.717, 1.165) is 9.88 Å². The van der Waals surface area contributed by atoms with Crippen LogP contribution in [0.5, 0.6) is 11.5 Å². The second-order valence-electron chi connectivity index (χ2n) is 4.29. The van der Waals surface area contributed by atoms with Gasteiger partial charge >= 0.3 is 0 Å². The van der Waals surface area contributed by atoms with Crippen molar-refractivity contribution in [2.45, 2.75) is 20.8 Å². The lowest BCUT2D eigenvalue weighted by molar-refractivity contribution is 0.445. The van der Waals surface area contributed by atoms with E-state index in [1.165, 1.54) is 0 Å². The highest BCUT2D eigenvalue weighted by Crippen LogP contribution is 2.17. The maximum absolute atomic E-state index is 10.1. The van der Waals surface area contributed by atoms with Crippen LogP contribution in [0.4, 0.5) is 0 Å². The molecule has 0 aliphatic heterocycles. The lowest BCUT2D eigenvalue weighted by Gasteiger charge is -2.07. The molecule has 0 saturated carbocycles. The van der Waals surface area contributed by atoms with Gasteiger partial charge in [-0.15, -0.1) is 11.3 Å². The number of nitrogens with zero attached hydrogens (tertiary/aromatic N) is 1. The normalized spacial score (nSPS) is 12.1. The van der Waals surface area contributed by atoms with Gasteiger partial charge in [-0.3, -0.25) is 0 Å². The lowest BCUT2D eigenvalue weighted by atomic mass is 10.0. The summed E-state index contributed by atoms with van der Waals surface area (Å²) in [6.45, 7) is 9.23. The van der Waals surface area contributed by atoms with Crippen LogP contribution >= 0.6 is 11.3 Å². The Morgan fingerprint density at radius 1 is 1.17 bits per heavy atom. The van der Waals surface area contributed by atoms with E-state index in [0.29, 0.717) is 21.6 Å². The van der Waals surface area contributed by atoms with E-state index < -0.39 is 0 Å². The number of aromatic nitrogens is 1. The molecule has 0 atom stereocenters. The Kier molecular flexibility index (Phi) is 3.13. The Morgan fingerprint density at radius 2 is 1.83 bits per heavy atom. The van der Waals surface area contributed by atoms with Gasteiger partial charge in [-0.1, -0.05) is 6.58 Å². The first-order valence-electron chi connectivity index (χ1n) is 5.56. The molecule has 0 aliphatic carbocycles. The topological polar surface area (TPSA) is 53.4 Å². The van der Waals surface area contributed by atoms with Crippen molar-refractivity contribution < 1.29 is 10.2 Å². The van der Waals surface area contributed by atoms with Gasteiger partial charge in [0, 0.05) is 32.6 Å². The van der Waals surface area contributed by atoms with Crippen molar-refractivity contribution in [3.63, 3.8) is 0 Å². The van der Waals surface area contributed by atoms with E-state index in [2.05, 4.69) is 11.6 Å². The van der Waals surface area contributed by atoms with E-state index in [-0.39, 0.29) is 11.5 Å². The number of rotatable bonds is 1. The van der Waals surface area contributed by atoms with Gasteiger partial charge in [0.15, 0.2) is 0 Å². The molecule has 18 heavy (non-hydrogen) atoms. The van der Waals surface area contributed by atoms with Crippen molar-refractivity contribution >= 4 is 24.0 Å². The first-order chi connectivity index (χ1) is 8.41. The van der Waals surface area contributed by atoms with Gasteiger partial charge in [-0.2, -0.15) is 0 Å². The summed E-state index contributed by atoms with van der Waals surface area (Å²) >= 11 is 1.54. The number of thiazole rings is 1. The van der Waals surface area contributed by atoms with Gasteiger partial charge in [-0.05, 0) is 26.8 Å². The molecule has 0 fully saturated rings. The summed E-state index contributed by atoms with van der Waals surface area (Å²) in [5.74, 6) is 0.285. The summed E-state index contributed by atoms with van der Waals surface area (Å²) in [4.78, 5) is 5.33. The average Bonchev–Trinajstić information content (AvgIpc) is 2.75. The van der Waals surface area contributed by atoms with Gasteiger partial charge < -0.3 is 10.2 Å². The molecule has 1 heterocycles. The van der Waals surface area contributed by atoms with E-state index in [4.69, 9.17) is 0 Å². The smallest absolute Gasteiger partial charge is 0.126 e. The number of hydrogen-bond donors (Lipinski definition) is 2. The second kappa shape index (κ2) is 4.46. The highest BCUT2D eigenvalue weighted by atomic mass is 32.1. The number of aryl methyl sites for hydroxylation is 1. The fourth-order valence-corrected chi connectivity index (χ4v) is 2.51. The molecule has 3 nitrogen and oxygen atoms in total. The molecular formula is C14H15NO2S. The molecule has 2 rings (SSSR count). The van der Waals surface area contributed by atoms with Gasteiger partial charge in [0.2, 0.25) is 0 Å². The van der Waals surface area contributed by atoms with E-state index in [9.17, 15) is 10.2 Å². The van der Waals surface area contributed by atoms with Crippen molar-refractivity contribution in [3.05, 3.63) is 37.6 Å². The molecule has 2 aromatic rings. The molecule has 0 aliphatic rings. The minimum atomic E-state index is 0.129.